The van der Waals surface area contributed by atoms with Gasteiger partial charge in [-0.15, -0.1) is 0 Å². The van der Waals surface area contributed by atoms with Gasteiger partial charge in [0.1, 0.15) is 0 Å². The van der Waals surface area contributed by atoms with Crippen molar-refractivity contribution in [3.63, 3.8) is 0 Å². The molecule has 0 atom stereocenters. The number of benzene rings is 2. The zero-order chi connectivity index (χ0) is 21.9. The van der Waals surface area contributed by atoms with E-state index in [0.29, 0.717) is 6.54 Å². The summed E-state index contributed by atoms with van der Waals surface area (Å²) < 4.78 is 1.94. The topological polar surface area (TPSA) is 57.5 Å². The Balaban J connectivity index is 1.55. The lowest BCUT2D eigenvalue weighted by Gasteiger charge is -2.18. The minimum absolute atomic E-state index is 0.707. The van der Waals surface area contributed by atoms with Gasteiger partial charge in [0.15, 0.2) is 5.96 Å². The van der Waals surface area contributed by atoms with Gasteiger partial charge < -0.3 is 10.6 Å². The Morgan fingerprint density at radius 2 is 1.68 bits per heavy atom. The van der Waals surface area contributed by atoms with E-state index in [0.717, 1.165) is 38.7 Å². The van der Waals surface area contributed by atoms with Gasteiger partial charge >= 0.3 is 0 Å². The molecule has 0 amide bonds. The Morgan fingerprint density at radius 1 is 0.935 bits per heavy atom. The maximum Gasteiger partial charge on any atom is 0.191 e. The van der Waals surface area contributed by atoms with Crippen LogP contribution in [0.15, 0.2) is 72.0 Å². The second-order valence-electron chi connectivity index (χ2n) is 7.53. The number of aliphatic imine (C=N–C) groups is 1. The molecule has 6 nitrogen and oxygen atoms in total. The van der Waals surface area contributed by atoms with Gasteiger partial charge in [0, 0.05) is 39.1 Å². The normalized spacial score (nSPS) is 11.7. The number of rotatable bonds is 10. The fourth-order valence-electron chi connectivity index (χ4n) is 3.58. The van der Waals surface area contributed by atoms with Crippen LogP contribution < -0.4 is 10.6 Å². The van der Waals surface area contributed by atoms with E-state index in [1.807, 2.05) is 30.2 Å². The number of hydrogen-bond donors (Lipinski definition) is 2. The summed E-state index contributed by atoms with van der Waals surface area (Å²) in [5.74, 6) is 0.794. The first-order chi connectivity index (χ1) is 15.2. The minimum atomic E-state index is 0.707. The summed E-state index contributed by atoms with van der Waals surface area (Å²) in [5, 5.41) is 11.2. The van der Waals surface area contributed by atoms with Crippen molar-refractivity contribution in [2.75, 3.05) is 20.1 Å². The van der Waals surface area contributed by atoms with Crippen molar-refractivity contribution in [2.45, 2.75) is 40.0 Å². The summed E-state index contributed by atoms with van der Waals surface area (Å²) in [5.41, 5.74) is 5.09. The molecule has 0 saturated carbocycles. The van der Waals surface area contributed by atoms with Crippen LogP contribution in [0.1, 0.15) is 36.1 Å². The van der Waals surface area contributed by atoms with Gasteiger partial charge in [-0.25, -0.2) is 0 Å². The van der Waals surface area contributed by atoms with Crippen molar-refractivity contribution in [2.24, 2.45) is 4.99 Å². The van der Waals surface area contributed by atoms with E-state index in [1.54, 1.807) is 0 Å². The Hall–Kier alpha value is -3.12. The molecule has 3 aromatic rings. The van der Waals surface area contributed by atoms with E-state index in [9.17, 15) is 0 Å². The highest BCUT2D eigenvalue weighted by molar-refractivity contribution is 5.79. The van der Waals surface area contributed by atoms with Crippen molar-refractivity contribution in [1.29, 1.82) is 0 Å². The van der Waals surface area contributed by atoms with Crippen LogP contribution in [-0.2, 0) is 26.2 Å². The van der Waals surface area contributed by atoms with Gasteiger partial charge in [-0.2, -0.15) is 5.10 Å². The number of hydrogen-bond acceptors (Lipinski definition) is 3. The summed E-state index contributed by atoms with van der Waals surface area (Å²) in [6.07, 6.45) is 3.79. The largest absolute Gasteiger partial charge is 0.352 e. The monoisotopic (exact) mass is 418 g/mol. The molecule has 3 rings (SSSR count). The molecule has 0 fully saturated rings. The van der Waals surface area contributed by atoms with Crippen molar-refractivity contribution < 1.29 is 0 Å². The molecule has 0 radical (unpaired) electrons. The molecule has 0 aliphatic rings. The maximum absolute atomic E-state index is 4.39. The van der Waals surface area contributed by atoms with Crippen molar-refractivity contribution in [3.8, 4) is 0 Å². The fourth-order valence-corrected chi connectivity index (χ4v) is 3.58. The van der Waals surface area contributed by atoms with Gasteiger partial charge in [-0.05, 0) is 41.4 Å². The van der Waals surface area contributed by atoms with Crippen molar-refractivity contribution >= 4 is 5.96 Å². The molecular weight excluding hydrogens is 384 g/mol. The molecule has 0 aliphatic carbocycles. The molecule has 0 aliphatic heterocycles. The second-order valence-corrected chi connectivity index (χ2v) is 7.53. The predicted molar refractivity (Wildman–Crippen MR) is 128 cm³/mol. The Morgan fingerprint density at radius 3 is 2.39 bits per heavy atom. The third-order valence-electron chi connectivity index (χ3n) is 5.43. The van der Waals surface area contributed by atoms with Crippen LogP contribution in [0.3, 0.4) is 0 Å². The standard InChI is InChI=1S/C25H34N6/c1-4-30(5-2)19-22-11-8-10-21(16-22)17-27-25(26-3)28-18-23-12-6-7-13-24(23)20-31-15-9-14-29-31/h6-16H,4-5,17-20H2,1-3H3,(H2,26,27,28). The average Bonchev–Trinajstić information content (AvgIpc) is 3.32. The van der Waals surface area contributed by atoms with Crippen molar-refractivity contribution in [1.82, 2.24) is 25.3 Å². The smallest absolute Gasteiger partial charge is 0.191 e. The Labute approximate surface area is 186 Å². The molecule has 164 valence electrons. The van der Waals surface area contributed by atoms with Crippen LogP contribution in [-0.4, -0.2) is 40.8 Å². The molecule has 0 saturated heterocycles. The SMILES string of the molecule is CCN(CC)Cc1cccc(CNC(=NC)NCc2ccccc2Cn2cccn2)c1. The summed E-state index contributed by atoms with van der Waals surface area (Å²) in [4.78, 5) is 6.81. The van der Waals surface area contributed by atoms with Crippen LogP contribution in [0.4, 0.5) is 0 Å². The fraction of sp³-hybridized carbons (Fsp3) is 0.360. The van der Waals surface area contributed by atoms with Crippen molar-refractivity contribution in [3.05, 3.63) is 89.2 Å². The summed E-state index contributed by atoms with van der Waals surface area (Å²) in [7, 11) is 1.81. The highest BCUT2D eigenvalue weighted by atomic mass is 15.3. The highest BCUT2D eigenvalue weighted by Gasteiger charge is 2.06. The molecule has 2 N–H and O–H groups in total. The van der Waals surface area contributed by atoms with E-state index < -0.39 is 0 Å². The van der Waals surface area contributed by atoms with Gasteiger partial charge in [0.05, 0.1) is 6.54 Å². The quantitative estimate of drug-likeness (QED) is 0.390. The average molecular weight is 419 g/mol. The lowest BCUT2D eigenvalue weighted by Crippen LogP contribution is -2.36. The number of guanidine groups is 1. The predicted octanol–water partition coefficient (Wildman–Crippen LogP) is 3.64. The zero-order valence-electron chi connectivity index (χ0n) is 18.9. The van der Waals surface area contributed by atoms with Crippen LogP contribution >= 0.6 is 0 Å². The molecular formula is C25H34N6. The zero-order valence-corrected chi connectivity index (χ0v) is 18.9. The Bertz CT molecular complexity index is 944. The number of nitrogens with one attached hydrogen (secondary N) is 2. The van der Waals surface area contributed by atoms with E-state index in [2.05, 4.69) is 88.0 Å². The summed E-state index contributed by atoms with van der Waals surface area (Å²) in [6, 6.07) is 19.2. The van der Waals surface area contributed by atoms with E-state index in [-0.39, 0.29) is 0 Å². The highest BCUT2D eigenvalue weighted by Crippen LogP contribution is 2.11. The molecule has 6 heteroatoms. The van der Waals surface area contributed by atoms with Crippen LogP contribution in [0.25, 0.3) is 0 Å². The maximum atomic E-state index is 4.39. The molecule has 1 aromatic heterocycles. The van der Waals surface area contributed by atoms with Crippen LogP contribution in [0.2, 0.25) is 0 Å². The minimum Gasteiger partial charge on any atom is -0.352 e. The molecule has 0 unspecified atom stereocenters. The molecule has 0 bridgehead atoms. The molecule has 1 heterocycles. The van der Waals surface area contributed by atoms with Gasteiger partial charge in [0.2, 0.25) is 0 Å². The van der Waals surface area contributed by atoms with Gasteiger partial charge in [-0.1, -0.05) is 62.4 Å². The number of nitrogens with zero attached hydrogens (tertiary/aromatic N) is 4. The third-order valence-corrected chi connectivity index (χ3v) is 5.43. The molecule has 0 spiro atoms. The van der Waals surface area contributed by atoms with Gasteiger partial charge in [-0.3, -0.25) is 14.6 Å². The first-order valence-electron chi connectivity index (χ1n) is 11.0. The summed E-state index contributed by atoms with van der Waals surface area (Å²) >= 11 is 0. The molecule has 31 heavy (non-hydrogen) atoms. The second kappa shape index (κ2) is 11.9. The van der Waals surface area contributed by atoms with E-state index in [4.69, 9.17) is 0 Å². The van der Waals surface area contributed by atoms with Gasteiger partial charge in [0.25, 0.3) is 0 Å². The molecule has 2 aromatic carbocycles. The Kier molecular flexibility index (Phi) is 8.67. The van der Waals surface area contributed by atoms with Crippen LogP contribution in [0.5, 0.6) is 0 Å². The van der Waals surface area contributed by atoms with E-state index in [1.165, 1.54) is 22.3 Å². The lowest BCUT2D eigenvalue weighted by molar-refractivity contribution is 0.296. The first-order valence-corrected chi connectivity index (χ1v) is 11.0. The van der Waals surface area contributed by atoms with Crippen LogP contribution in [0, 0.1) is 0 Å². The first kappa shape index (κ1) is 22.6. The van der Waals surface area contributed by atoms with E-state index >= 15 is 0 Å². The lowest BCUT2D eigenvalue weighted by atomic mass is 10.1. The number of aromatic nitrogens is 2. The summed E-state index contributed by atoms with van der Waals surface area (Å²) in [6.45, 7) is 9.74. The third kappa shape index (κ3) is 6.96.